The highest BCUT2D eigenvalue weighted by Gasteiger charge is 2.76. The highest BCUT2D eigenvalue weighted by molar-refractivity contribution is 9.09. The summed E-state index contributed by atoms with van der Waals surface area (Å²) in [7, 11) is 0. The van der Waals surface area contributed by atoms with Crippen LogP contribution in [0.5, 0.6) is 0 Å². The molecule has 1 aliphatic heterocycles. The molecule has 3 unspecified atom stereocenters. The fourth-order valence-corrected chi connectivity index (χ4v) is 14.2. The third kappa shape index (κ3) is 7.63. The van der Waals surface area contributed by atoms with E-state index in [2.05, 4.69) is 64.8 Å². The predicted molar refractivity (Wildman–Crippen MR) is 229 cm³/mol. The third-order valence-corrected chi connectivity index (χ3v) is 17.4. The molecule has 0 spiro atoms. The Morgan fingerprint density at radius 1 is 1.05 bits per heavy atom. The second kappa shape index (κ2) is 16.6. The number of benzene rings is 1. The minimum absolute atomic E-state index is 0.0208. The van der Waals surface area contributed by atoms with Crippen molar-refractivity contribution >= 4 is 51.1 Å². The van der Waals surface area contributed by atoms with Crippen molar-refractivity contribution in [2.45, 2.75) is 134 Å². The summed E-state index contributed by atoms with van der Waals surface area (Å²) in [6, 6.07) is 6.56. The minimum Gasteiger partial charge on any atom is -0.481 e. The van der Waals surface area contributed by atoms with Crippen molar-refractivity contribution in [3.8, 4) is 0 Å². The number of halogens is 1. The first-order valence-corrected chi connectivity index (χ1v) is 23.4. The van der Waals surface area contributed by atoms with Crippen LogP contribution in [0.25, 0.3) is 0 Å². The molecule has 6 saturated carbocycles. The normalized spacial score (nSPS) is 39.2. The number of amides is 3. The van der Waals surface area contributed by atoms with Gasteiger partial charge in [-0.2, -0.15) is 0 Å². The first kappa shape index (κ1) is 44.2. The monoisotopic (exact) mass is 907 g/mol. The molecule has 8 aliphatic rings. The number of anilines is 1. The van der Waals surface area contributed by atoms with Gasteiger partial charge >= 0.3 is 5.97 Å². The van der Waals surface area contributed by atoms with Crippen LogP contribution in [0, 0.1) is 45.3 Å². The lowest BCUT2D eigenvalue weighted by Crippen LogP contribution is -2.64. The van der Waals surface area contributed by atoms with Crippen LogP contribution >= 0.6 is 15.9 Å². The maximum Gasteiger partial charge on any atom is 0.303 e. The molecule has 61 heavy (non-hydrogen) atoms. The fourth-order valence-electron chi connectivity index (χ4n) is 14.0. The van der Waals surface area contributed by atoms with Crippen LogP contribution in [0.2, 0.25) is 0 Å². The zero-order chi connectivity index (χ0) is 43.5. The second-order valence-corrected chi connectivity index (χ2v) is 20.7. The lowest BCUT2D eigenvalue weighted by atomic mass is 9.44. The molecule has 2 bridgehead atoms. The van der Waals surface area contributed by atoms with Gasteiger partial charge in [0, 0.05) is 28.4 Å². The lowest BCUT2D eigenvalue weighted by Gasteiger charge is -2.61. The van der Waals surface area contributed by atoms with Gasteiger partial charge in [0.1, 0.15) is 17.7 Å². The van der Waals surface area contributed by atoms with Gasteiger partial charge < -0.3 is 40.7 Å². The maximum absolute atomic E-state index is 13.4. The van der Waals surface area contributed by atoms with E-state index in [0.717, 1.165) is 76.2 Å². The van der Waals surface area contributed by atoms with Gasteiger partial charge in [0.2, 0.25) is 17.7 Å². The molecule has 1 saturated heterocycles. The number of carboxylic acid groups (broad SMARTS) is 1. The molecule has 7 aliphatic carbocycles. The number of carboxylic acids is 1. The van der Waals surface area contributed by atoms with Crippen molar-refractivity contribution < 1.29 is 48.8 Å². The fraction of sp³-hybridized carbons (Fsp3) is 0.681. The number of ketones is 1. The molecule has 1 aromatic carbocycles. The van der Waals surface area contributed by atoms with Crippen molar-refractivity contribution in [1.29, 1.82) is 0 Å². The number of rotatable bonds is 14. The Morgan fingerprint density at radius 2 is 1.79 bits per heavy atom. The van der Waals surface area contributed by atoms with E-state index in [1.165, 1.54) is 5.57 Å². The summed E-state index contributed by atoms with van der Waals surface area (Å²) in [4.78, 5) is 61.2. The zero-order valence-corrected chi connectivity index (χ0v) is 37.1. The summed E-state index contributed by atoms with van der Waals surface area (Å²) in [6.45, 7) is 6.20. The number of hydrogen-bond acceptors (Lipinski definition) is 9. The van der Waals surface area contributed by atoms with Crippen molar-refractivity contribution in [2.75, 3.05) is 23.8 Å². The third-order valence-electron chi connectivity index (χ3n) is 16.9. The highest BCUT2D eigenvalue weighted by Crippen LogP contribution is 2.73. The molecule has 6 N–H and O–H groups in total. The Hall–Kier alpha value is -3.43. The molecule has 1 aromatic rings. The Balaban J connectivity index is 0.931. The van der Waals surface area contributed by atoms with Gasteiger partial charge in [0.05, 0.1) is 24.6 Å². The molecule has 332 valence electrons. The van der Waals surface area contributed by atoms with Crippen LogP contribution in [0.3, 0.4) is 0 Å². The average molecular weight is 909 g/mol. The number of aliphatic hydroxyl groups excluding tert-OH is 2. The number of carbonyl (C=O) groups excluding carboxylic acids is 4. The molecule has 0 radical (unpaired) electrons. The molecule has 11 atom stereocenters. The van der Waals surface area contributed by atoms with E-state index < -0.39 is 59.7 Å². The van der Waals surface area contributed by atoms with E-state index in [4.69, 9.17) is 9.47 Å². The number of carbonyl (C=O) groups is 5. The summed E-state index contributed by atoms with van der Waals surface area (Å²) in [5.41, 5.74) is 1.14. The van der Waals surface area contributed by atoms with Crippen LogP contribution in [-0.2, 0) is 39.9 Å². The van der Waals surface area contributed by atoms with Crippen LogP contribution in [0.1, 0.15) is 103 Å². The SMILES string of the molecule is CC1C[C@@]2(C)[C@@H](CC3O[C@@H](C45CCC(Cc6cccc(NC(=O)[C@H](CCC(=O)O)NC(=O)CNC(=O)CBr)c6)(CC4)CC5)O[C@]32C(O)CO)[C@@H]2CCC3=CC(=O)C=C[C@]3(C)[C@@H]12. The minimum atomic E-state index is -1.11. The molecule has 9 rings (SSSR count). The van der Waals surface area contributed by atoms with Crippen LogP contribution in [-0.4, -0.2) is 93.4 Å². The quantitative estimate of drug-likeness (QED) is 0.132. The van der Waals surface area contributed by atoms with Crippen molar-refractivity contribution in [3.63, 3.8) is 0 Å². The van der Waals surface area contributed by atoms with E-state index in [1.807, 2.05) is 18.2 Å². The summed E-state index contributed by atoms with van der Waals surface area (Å²) in [6.07, 6.45) is 13.5. The molecule has 1 heterocycles. The molecule has 13 nitrogen and oxygen atoms in total. The van der Waals surface area contributed by atoms with Gasteiger partial charge in [-0.1, -0.05) is 60.5 Å². The van der Waals surface area contributed by atoms with Gasteiger partial charge in [-0.3, -0.25) is 24.0 Å². The number of allylic oxidation sites excluding steroid dienone is 4. The number of aliphatic carboxylic acids is 1. The largest absolute Gasteiger partial charge is 0.481 e. The van der Waals surface area contributed by atoms with E-state index in [1.54, 1.807) is 12.1 Å². The highest BCUT2D eigenvalue weighted by atomic mass is 79.9. The lowest BCUT2D eigenvalue weighted by molar-refractivity contribution is -0.259. The molecule has 0 aromatic heterocycles. The van der Waals surface area contributed by atoms with E-state index >= 15 is 0 Å². The molecular weight excluding hydrogens is 846 g/mol. The van der Waals surface area contributed by atoms with Gasteiger partial charge in [-0.05, 0) is 136 Å². The average Bonchev–Trinajstić information content (AvgIpc) is 3.75. The number of fused-ring (bicyclic) bond motifs is 10. The molecular formula is C47H62BrN3O10. The van der Waals surface area contributed by atoms with Crippen LogP contribution in [0.4, 0.5) is 5.69 Å². The number of aliphatic hydroxyl groups is 2. The van der Waals surface area contributed by atoms with Crippen molar-refractivity contribution in [2.24, 2.45) is 45.3 Å². The van der Waals surface area contributed by atoms with Crippen molar-refractivity contribution in [1.82, 2.24) is 10.6 Å². The summed E-state index contributed by atoms with van der Waals surface area (Å²) >= 11 is 3.02. The Kier molecular flexibility index (Phi) is 12.0. The molecule has 7 fully saturated rings. The standard InChI is InChI=1S/C47H62BrN3O10/c1-27-22-44(3)33(32-8-7-29-20-31(53)11-12-43(29,2)40(27)32)21-36-47(44,35(54)26-52)61-42(60-36)46-16-13-45(14-17-46,15-18-46)23-28-5-4-6-30(19-28)50-41(59)34(9-10-39(57)58)51-38(56)25-49-37(55)24-48/h4-6,11-12,19-20,27,32-36,40,42,52,54H,7-10,13-18,21-26H2,1-3H3,(H,49,55)(H,50,59)(H,51,56)(H,57,58)/t27?,32-,33-,34-,35?,36?,40-,42+,43-,44-,45?,46?,47+/m0/s1. The first-order chi connectivity index (χ1) is 29.0. The summed E-state index contributed by atoms with van der Waals surface area (Å²) < 4.78 is 14.4. The molecule has 14 heteroatoms. The van der Waals surface area contributed by atoms with E-state index in [9.17, 15) is 39.3 Å². The van der Waals surface area contributed by atoms with Crippen LogP contribution < -0.4 is 16.0 Å². The second-order valence-electron chi connectivity index (χ2n) is 20.1. The van der Waals surface area contributed by atoms with E-state index in [0.29, 0.717) is 23.4 Å². The smallest absolute Gasteiger partial charge is 0.303 e. The van der Waals surface area contributed by atoms with E-state index in [-0.39, 0.29) is 58.8 Å². The zero-order valence-electron chi connectivity index (χ0n) is 35.6. The van der Waals surface area contributed by atoms with Gasteiger partial charge in [0.15, 0.2) is 12.1 Å². The molecule has 3 amide bonds. The topological polar surface area (TPSA) is 201 Å². The number of alkyl halides is 1. The number of hydrogen-bond donors (Lipinski definition) is 6. The van der Waals surface area contributed by atoms with Gasteiger partial charge in [-0.15, -0.1) is 0 Å². The predicted octanol–water partition coefficient (Wildman–Crippen LogP) is 5.37. The van der Waals surface area contributed by atoms with Crippen molar-refractivity contribution in [3.05, 3.63) is 53.6 Å². The summed E-state index contributed by atoms with van der Waals surface area (Å²) in [5.74, 6) is -1.24. The van der Waals surface area contributed by atoms with Gasteiger partial charge in [-0.25, -0.2) is 0 Å². The number of nitrogens with one attached hydrogen (secondary N) is 3. The Morgan fingerprint density at radius 3 is 2.48 bits per heavy atom. The first-order valence-electron chi connectivity index (χ1n) is 22.3. The maximum atomic E-state index is 13.4. The Labute approximate surface area is 366 Å². The summed E-state index contributed by atoms with van der Waals surface area (Å²) in [5, 5.41) is 39.7. The van der Waals surface area contributed by atoms with Crippen LogP contribution in [0.15, 0.2) is 48.1 Å². The number of ether oxygens (including phenoxy) is 2. The Bertz CT molecular complexity index is 1980. The van der Waals surface area contributed by atoms with Gasteiger partial charge in [0.25, 0.3) is 0 Å².